The number of carboxylic acids is 1. The number of nitrogens with zero attached hydrogens (tertiary/aromatic N) is 2. The summed E-state index contributed by atoms with van der Waals surface area (Å²) in [6, 6.07) is -0.261. The quantitative estimate of drug-likeness (QED) is 0.673. The Morgan fingerprint density at radius 1 is 1.24 bits per heavy atom. The van der Waals surface area contributed by atoms with Crippen molar-refractivity contribution in [3.8, 4) is 0 Å². The summed E-state index contributed by atoms with van der Waals surface area (Å²) in [6.07, 6.45) is 4.82. The molecule has 1 unspecified atom stereocenters. The largest absolute Gasteiger partial charge is 0.481 e. The third-order valence-electron chi connectivity index (χ3n) is 3.04. The van der Waals surface area contributed by atoms with Gasteiger partial charge < -0.3 is 15.7 Å². The summed E-state index contributed by atoms with van der Waals surface area (Å²) in [5.41, 5.74) is 1.53. The molecular weight excluding hydrogens is 272 g/mol. The lowest BCUT2D eigenvalue weighted by Crippen LogP contribution is -2.36. The third kappa shape index (κ3) is 7.86. The molecule has 7 nitrogen and oxygen atoms in total. The fourth-order valence-corrected chi connectivity index (χ4v) is 1.69. The van der Waals surface area contributed by atoms with Crippen LogP contribution in [0.5, 0.6) is 0 Å². The zero-order chi connectivity index (χ0) is 15.7. The van der Waals surface area contributed by atoms with Crippen molar-refractivity contribution in [2.45, 2.75) is 39.7 Å². The molecule has 0 aliphatic heterocycles. The van der Waals surface area contributed by atoms with E-state index in [0.717, 1.165) is 12.1 Å². The molecule has 1 rings (SSSR count). The molecule has 0 spiro atoms. The van der Waals surface area contributed by atoms with Crippen molar-refractivity contribution in [1.82, 2.24) is 20.6 Å². The zero-order valence-corrected chi connectivity index (χ0v) is 12.4. The summed E-state index contributed by atoms with van der Waals surface area (Å²) >= 11 is 0. The molecule has 0 aromatic carbocycles. The molecule has 0 saturated carbocycles. The smallest absolute Gasteiger partial charge is 0.315 e. The number of urea groups is 1. The van der Waals surface area contributed by atoms with Crippen LogP contribution in [0.3, 0.4) is 0 Å². The number of amides is 2. The van der Waals surface area contributed by atoms with E-state index in [2.05, 4.69) is 20.6 Å². The number of aromatic nitrogens is 2. The van der Waals surface area contributed by atoms with E-state index in [1.54, 1.807) is 12.4 Å². The van der Waals surface area contributed by atoms with Crippen molar-refractivity contribution in [2.75, 3.05) is 6.54 Å². The maximum absolute atomic E-state index is 11.6. The average Bonchev–Trinajstić information content (AvgIpc) is 2.44. The standard InChI is InChI=1S/C14H22N4O3/c1-10(3-4-13(19)20)5-6-15-14(21)18-9-12-8-16-11(2)7-17-12/h7-8,10H,3-6,9H2,1-2H3,(H,19,20)(H2,15,18,21). The first-order valence-corrected chi connectivity index (χ1v) is 6.98. The summed E-state index contributed by atoms with van der Waals surface area (Å²) in [5.74, 6) is -0.517. The fraction of sp³-hybridized carbons (Fsp3) is 0.571. The van der Waals surface area contributed by atoms with Gasteiger partial charge in [0.15, 0.2) is 0 Å². The number of nitrogens with one attached hydrogen (secondary N) is 2. The van der Waals surface area contributed by atoms with Gasteiger partial charge in [-0.3, -0.25) is 14.8 Å². The molecule has 0 saturated heterocycles. The van der Waals surface area contributed by atoms with Crippen LogP contribution in [-0.2, 0) is 11.3 Å². The molecule has 1 heterocycles. The first kappa shape index (κ1) is 16.9. The van der Waals surface area contributed by atoms with E-state index < -0.39 is 5.97 Å². The van der Waals surface area contributed by atoms with Crippen LogP contribution in [0.1, 0.15) is 37.6 Å². The highest BCUT2D eigenvalue weighted by molar-refractivity contribution is 5.73. The number of aryl methyl sites for hydroxylation is 1. The normalized spacial score (nSPS) is 11.7. The van der Waals surface area contributed by atoms with Gasteiger partial charge in [0.05, 0.1) is 24.1 Å². The van der Waals surface area contributed by atoms with Gasteiger partial charge in [-0.25, -0.2) is 4.79 Å². The second-order valence-corrected chi connectivity index (χ2v) is 5.08. The van der Waals surface area contributed by atoms with Crippen molar-refractivity contribution in [3.63, 3.8) is 0 Å². The van der Waals surface area contributed by atoms with Crippen LogP contribution in [0, 0.1) is 12.8 Å². The van der Waals surface area contributed by atoms with Crippen LogP contribution in [0.25, 0.3) is 0 Å². The molecule has 116 valence electrons. The third-order valence-corrected chi connectivity index (χ3v) is 3.04. The number of aliphatic carboxylic acids is 1. The Bertz CT molecular complexity index is 462. The molecule has 1 aromatic heterocycles. The Labute approximate surface area is 124 Å². The van der Waals surface area contributed by atoms with Gasteiger partial charge in [-0.15, -0.1) is 0 Å². The predicted molar refractivity (Wildman–Crippen MR) is 77.7 cm³/mol. The Kier molecular flexibility index (Phi) is 7.14. The Morgan fingerprint density at radius 2 is 2.00 bits per heavy atom. The summed E-state index contributed by atoms with van der Waals surface area (Å²) < 4.78 is 0. The van der Waals surface area contributed by atoms with Crippen molar-refractivity contribution < 1.29 is 14.7 Å². The van der Waals surface area contributed by atoms with E-state index in [9.17, 15) is 9.59 Å². The van der Waals surface area contributed by atoms with E-state index in [0.29, 0.717) is 25.2 Å². The monoisotopic (exact) mass is 294 g/mol. The summed E-state index contributed by atoms with van der Waals surface area (Å²) in [5, 5.41) is 14.0. The van der Waals surface area contributed by atoms with Crippen molar-refractivity contribution in [2.24, 2.45) is 5.92 Å². The van der Waals surface area contributed by atoms with Gasteiger partial charge in [0, 0.05) is 19.2 Å². The van der Waals surface area contributed by atoms with Gasteiger partial charge in [0.2, 0.25) is 0 Å². The number of hydrogen-bond donors (Lipinski definition) is 3. The lowest BCUT2D eigenvalue weighted by atomic mass is 10.0. The first-order valence-electron chi connectivity index (χ1n) is 6.98. The number of carbonyl (C=O) groups is 2. The van der Waals surface area contributed by atoms with Crippen molar-refractivity contribution in [1.29, 1.82) is 0 Å². The molecule has 1 aromatic rings. The van der Waals surface area contributed by atoms with E-state index in [4.69, 9.17) is 5.11 Å². The zero-order valence-electron chi connectivity index (χ0n) is 12.4. The maximum Gasteiger partial charge on any atom is 0.315 e. The highest BCUT2D eigenvalue weighted by Gasteiger charge is 2.06. The van der Waals surface area contributed by atoms with Crippen LogP contribution in [-0.4, -0.2) is 33.6 Å². The van der Waals surface area contributed by atoms with E-state index in [1.165, 1.54) is 0 Å². The highest BCUT2D eigenvalue weighted by atomic mass is 16.4. The minimum absolute atomic E-state index is 0.166. The Balaban J connectivity index is 2.13. The average molecular weight is 294 g/mol. The molecule has 7 heteroatoms. The van der Waals surface area contributed by atoms with Crippen LogP contribution in [0.2, 0.25) is 0 Å². The molecule has 21 heavy (non-hydrogen) atoms. The lowest BCUT2D eigenvalue weighted by molar-refractivity contribution is -0.137. The Hall–Kier alpha value is -2.18. The minimum atomic E-state index is -0.785. The Morgan fingerprint density at radius 3 is 2.62 bits per heavy atom. The number of carbonyl (C=O) groups excluding carboxylic acids is 1. The second-order valence-electron chi connectivity index (χ2n) is 5.08. The van der Waals surface area contributed by atoms with E-state index in [-0.39, 0.29) is 18.4 Å². The van der Waals surface area contributed by atoms with Crippen LogP contribution < -0.4 is 10.6 Å². The van der Waals surface area contributed by atoms with Crippen LogP contribution >= 0.6 is 0 Å². The SMILES string of the molecule is Cc1cnc(CNC(=O)NCCC(C)CCC(=O)O)cn1. The summed E-state index contributed by atoms with van der Waals surface area (Å²) in [4.78, 5) is 30.2. The summed E-state index contributed by atoms with van der Waals surface area (Å²) in [7, 11) is 0. The molecule has 2 amide bonds. The van der Waals surface area contributed by atoms with Gasteiger partial charge in [-0.2, -0.15) is 0 Å². The first-order chi connectivity index (χ1) is 9.97. The minimum Gasteiger partial charge on any atom is -0.481 e. The van der Waals surface area contributed by atoms with Gasteiger partial charge in [0.25, 0.3) is 0 Å². The summed E-state index contributed by atoms with van der Waals surface area (Å²) in [6.45, 7) is 4.67. The maximum atomic E-state index is 11.6. The molecule has 0 bridgehead atoms. The molecule has 0 radical (unpaired) electrons. The molecule has 0 aliphatic carbocycles. The number of rotatable bonds is 8. The molecule has 3 N–H and O–H groups in total. The van der Waals surface area contributed by atoms with Crippen LogP contribution in [0.4, 0.5) is 4.79 Å². The van der Waals surface area contributed by atoms with Crippen molar-refractivity contribution >= 4 is 12.0 Å². The van der Waals surface area contributed by atoms with Gasteiger partial charge in [0.1, 0.15) is 0 Å². The van der Waals surface area contributed by atoms with E-state index in [1.807, 2.05) is 13.8 Å². The van der Waals surface area contributed by atoms with Gasteiger partial charge in [-0.1, -0.05) is 6.92 Å². The number of hydrogen-bond acceptors (Lipinski definition) is 4. The van der Waals surface area contributed by atoms with Crippen molar-refractivity contribution in [3.05, 3.63) is 23.8 Å². The molecule has 1 atom stereocenters. The number of carboxylic acid groups (broad SMARTS) is 1. The molecular formula is C14H22N4O3. The highest BCUT2D eigenvalue weighted by Crippen LogP contribution is 2.08. The lowest BCUT2D eigenvalue weighted by Gasteiger charge is -2.11. The predicted octanol–water partition coefficient (Wildman–Crippen LogP) is 1.48. The molecule has 0 fully saturated rings. The molecule has 0 aliphatic rings. The topological polar surface area (TPSA) is 104 Å². The fourth-order valence-electron chi connectivity index (χ4n) is 1.69. The van der Waals surface area contributed by atoms with Gasteiger partial charge >= 0.3 is 12.0 Å². The van der Waals surface area contributed by atoms with Gasteiger partial charge in [-0.05, 0) is 25.7 Å². The second kappa shape index (κ2) is 8.89. The van der Waals surface area contributed by atoms with Crippen LogP contribution in [0.15, 0.2) is 12.4 Å². The van der Waals surface area contributed by atoms with E-state index >= 15 is 0 Å².